The maximum atomic E-state index is 15.0. The zero-order valence-electron chi connectivity index (χ0n) is 40.2. The number of alkyl carbamates (subject to hydrolysis) is 1. The van der Waals surface area contributed by atoms with Crippen LogP contribution in [0.15, 0.2) is 107 Å². The lowest BCUT2D eigenvalue weighted by atomic mass is 10.0. The summed E-state index contributed by atoms with van der Waals surface area (Å²) < 4.78 is 90.4. The Labute approximate surface area is 422 Å². The molecular weight excluding hydrogens is 1010 g/mol. The molecule has 0 aliphatic rings. The number of allylic oxidation sites excluding steroid dienone is 2. The number of aromatic carboxylic acids is 2. The largest absolute Gasteiger partial charge is 0.478 e. The normalized spacial score (nSPS) is 12.3. The number of sulfonamides is 2. The van der Waals surface area contributed by atoms with Crippen LogP contribution in [0.3, 0.4) is 0 Å². The van der Waals surface area contributed by atoms with Crippen LogP contribution in [-0.2, 0) is 37.9 Å². The molecule has 0 aliphatic carbocycles. The number of carbonyl (C=O) groups is 3. The summed E-state index contributed by atoms with van der Waals surface area (Å²) in [5.41, 5.74) is 9.22. The molecule has 4 aromatic heterocycles. The summed E-state index contributed by atoms with van der Waals surface area (Å²) in [5, 5.41) is 22.5. The third-order valence-corrected chi connectivity index (χ3v) is 14.2. The first-order chi connectivity index (χ1) is 32.2. The number of halogens is 4. The molecule has 6 rings (SSSR count). The van der Waals surface area contributed by atoms with Crippen LogP contribution < -0.4 is 11.1 Å². The average Bonchev–Trinajstić information content (AvgIpc) is 3.70. The highest BCUT2D eigenvalue weighted by molar-refractivity contribution is 7.89. The van der Waals surface area contributed by atoms with Crippen molar-refractivity contribution in [1.82, 2.24) is 33.0 Å². The number of ether oxygens (including phenoxy) is 1. The third kappa shape index (κ3) is 13.6. The van der Waals surface area contributed by atoms with E-state index in [2.05, 4.69) is 15.3 Å². The van der Waals surface area contributed by atoms with Crippen molar-refractivity contribution < 1.29 is 54.9 Å². The second-order valence-corrected chi connectivity index (χ2v) is 21.3. The summed E-state index contributed by atoms with van der Waals surface area (Å²) in [6, 6.07) is 12.0. The van der Waals surface area contributed by atoms with Crippen LogP contribution in [0.1, 0.15) is 52.9 Å². The first kappa shape index (κ1) is 59.0. The molecule has 24 heteroatoms. The maximum Gasteiger partial charge on any atom is 0.407 e. The number of benzene rings is 2. The van der Waals surface area contributed by atoms with Gasteiger partial charge in [0.25, 0.3) is 0 Å². The molecule has 6 aromatic rings. The lowest BCUT2D eigenvalue weighted by Crippen LogP contribution is -2.32. The average molecular weight is 1070 g/mol. The Hall–Kier alpha value is -6.27. The predicted octanol–water partition coefficient (Wildman–Crippen LogP) is 7.95. The van der Waals surface area contributed by atoms with Gasteiger partial charge in [0.15, 0.2) is 0 Å². The molecule has 0 aliphatic heterocycles. The minimum absolute atomic E-state index is 0. The standard InChI is InChI=1S/C26H31FN4O6S.C21H23FN4O4S.2ClH/c1-16-23(18-11-20(14-28-13-18)38(35,36)30(5)6)21-12-17(24(32)33)7-8-22(21)31(16)15-19(27)9-10-29-25(34)37-26(2,3)4;1-13-20(15-8-17(11-24-10-15)31(29,30)25(2)3)18-9-14(21(27)28)4-5-19(18)26(13)12-16(22)6-7-23;;/h7-9,11-14H,10,15H2,1-6H3,(H,29,34)(H,32,33);4-6,8-11H,7,12,23H2,1-3H3,(H,27,28);2*1H/b19-9-;16-6-;;. The number of hydrogen-bond acceptors (Lipinski definition) is 11. The SMILES string of the molecule is Cc1c(-c2cncc(S(=O)(=O)N(C)C)c2)c2cc(C(=O)O)ccc2n1C/C(F)=C/CN.Cc1c(-c2cncc(S(=O)(=O)N(C)C)c2)c2cc(C(=O)O)ccc2n1C/C(F)=C/CNC(=O)OC(C)(C)C.Cl.Cl. The summed E-state index contributed by atoms with van der Waals surface area (Å²) in [7, 11) is -1.85. The number of nitrogens with zero attached hydrogens (tertiary/aromatic N) is 6. The van der Waals surface area contributed by atoms with Gasteiger partial charge in [-0.15, -0.1) is 24.8 Å². The van der Waals surface area contributed by atoms with Crippen molar-refractivity contribution in [3.8, 4) is 22.3 Å². The fourth-order valence-corrected chi connectivity index (χ4v) is 9.08. The molecule has 0 saturated carbocycles. The van der Waals surface area contributed by atoms with E-state index in [0.29, 0.717) is 55.4 Å². The number of hydrogen-bond donors (Lipinski definition) is 4. The fourth-order valence-electron chi connectivity index (χ4n) is 7.30. The molecule has 0 radical (unpaired) electrons. The van der Waals surface area contributed by atoms with E-state index < -0.39 is 55.3 Å². The van der Waals surface area contributed by atoms with Gasteiger partial charge in [0.05, 0.1) is 24.2 Å². The van der Waals surface area contributed by atoms with E-state index in [1.807, 2.05) is 0 Å². The molecule has 18 nitrogen and oxygen atoms in total. The quantitative estimate of drug-likeness (QED) is 0.0763. The fraction of sp³-hybridized carbons (Fsp3) is 0.298. The second kappa shape index (κ2) is 23.8. The van der Waals surface area contributed by atoms with Crippen molar-refractivity contribution in [2.45, 2.75) is 63.1 Å². The van der Waals surface area contributed by atoms with Gasteiger partial charge in [-0.3, -0.25) is 9.97 Å². The Morgan fingerprint density at radius 1 is 0.704 bits per heavy atom. The lowest BCUT2D eigenvalue weighted by molar-refractivity contribution is 0.0532. The Morgan fingerprint density at radius 2 is 1.10 bits per heavy atom. The van der Waals surface area contributed by atoms with E-state index in [0.717, 1.165) is 8.61 Å². The summed E-state index contributed by atoms with van der Waals surface area (Å²) in [5.74, 6) is -3.21. The molecular formula is C47H56Cl2F2N8O10S2. The van der Waals surface area contributed by atoms with Gasteiger partial charge in [-0.1, -0.05) is 0 Å². The first-order valence-electron chi connectivity index (χ1n) is 21.0. The minimum atomic E-state index is -3.78. The number of nitrogens with one attached hydrogen (secondary N) is 1. The number of fused-ring (bicyclic) bond motifs is 2. The number of pyridine rings is 2. The molecule has 0 spiro atoms. The Bertz CT molecular complexity index is 3260. The molecule has 0 atom stereocenters. The number of amides is 1. The number of carboxylic acid groups (broad SMARTS) is 2. The number of carbonyl (C=O) groups excluding carboxylic acids is 1. The zero-order valence-corrected chi connectivity index (χ0v) is 43.5. The Morgan fingerprint density at radius 3 is 1.45 bits per heavy atom. The van der Waals surface area contributed by atoms with E-state index in [1.54, 1.807) is 55.9 Å². The van der Waals surface area contributed by atoms with Crippen LogP contribution in [0.5, 0.6) is 0 Å². The van der Waals surface area contributed by atoms with Gasteiger partial charge in [-0.05, 0) is 95.3 Å². The smallest absolute Gasteiger partial charge is 0.407 e. The van der Waals surface area contributed by atoms with Gasteiger partial charge in [-0.25, -0.2) is 48.6 Å². The number of rotatable bonds is 15. The van der Waals surface area contributed by atoms with Gasteiger partial charge < -0.3 is 35.1 Å². The van der Waals surface area contributed by atoms with Gasteiger partial charge in [0.2, 0.25) is 20.0 Å². The number of carboxylic acids is 2. The topological polar surface area (TPSA) is 249 Å². The van der Waals surface area contributed by atoms with Crippen LogP contribution in [0.25, 0.3) is 44.1 Å². The van der Waals surface area contributed by atoms with Crippen molar-refractivity contribution in [2.75, 3.05) is 41.3 Å². The summed E-state index contributed by atoms with van der Waals surface area (Å²) in [6.45, 7) is 8.32. The van der Waals surface area contributed by atoms with Gasteiger partial charge in [-0.2, -0.15) is 0 Å². The monoisotopic (exact) mass is 1060 g/mol. The van der Waals surface area contributed by atoms with Gasteiger partial charge in [0, 0.05) is 122 Å². The van der Waals surface area contributed by atoms with Crippen LogP contribution in [0, 0.1) is 13.8 Å². The molecule has 0 bridgehead atoms. The van der Waals surface area contributed by atoms with Crippen LogP contribution in [0.4, 0.5) is 13.6 Å². The minimum Gasteiger partial charge on any atom is -0.478 e. The summed E-state index contributed by atoms with van der Waals surface area (Å²) >= 11 is 0. The first-order valence-corrected chi connectivity index (χ1v) is 23.9. The Kier molecular flexibility index (Phi) is 19.8. The van der Waals surface area contributed by atoms with Crippen molar-refractivity contribution in [3.63, 3.8) is 0 Å². The van der Waals surface area contributed by atoms with Gasteiger partial charge >= 0.3 is 18.0 Å². The number of nitrogens with two attached hydrogens (primary N) is 1. The van der Waals surface area contributed by atoms with Crippen LogP contribution >= 0.6 is 24.8 Å². The van der Waals surface area contributed by atoms with Crippen molar-refractivity contribution in [2.24, 2.45) is 5.73 Å². The molecule has 0 saturated heterocycles. The molecule has 0 fully saturated rings. The van der Waals surface area contributed by atoms with E-state index in [-0.39, 0.29) is 71.9 Å². The molecule has 384 valence electrons. The Balaban J connectivity index is 0.000000372. The zero-order chi connectivity index (χ0) is 51.3. The van der Waals surface area contributed by atoms with Crippen molar-refractivity contribution >= 4 is 84.7 Å². The third-order valence-electron chi connectivity index (χ3n) is 10.6. The highest BCUT2D eigenvalue weighted by atomic mass is 35.5. The summed E-state index contributed by atoms with van der Waals surface area (Å²) in [6.07, 6.45) is 7.27. The molecule has 71 heavy (non-hydrogen) atoms. The van der Waals surface area contributed by atoms with E-state index in [1.165, 1.54) is 102 Å². The molecule has 2 aromatic carbocycles. The molecule has 1 amide bonds. The maximum absolute atomic E-state index is 15.0. The van der Waals surface area contributed by atoms with E-state index in [9.17, 15) is 50.2 Å². The van der Waals surface area contributed by atoms with Crippen LogP contribution in [0.2, 0.25) is 0 Å². The molecule has 4 heterocycles. The van der Waals surface area contributed by atoms with E-state index in [4.69, 9.17) is 10.5 Å². The van der Waals surface area contributed by atoms with Crippen LogP contribution in [-0.4, -0.2) is 120 Å². The van der Waals surface area contributed by atoms with Gasteiger partial charge in [0.1, 0.15) is 27.0 Å². The van der Waals surface area contributed by atoms with Crippen molar-refractivity contribution in [1.29, 1.82) is 0 Å². The highest BCUT2D eigenvalue weighted by Crippen LogP contribution is 2.38. The molecule has 5 N–H and O–H groups in total. The number of aromatic nitrogens is 4. The summed E-state index contributed by atoms with van der Waals surface area (Å²) in [4.78, 5) is 43.2. The highest BCUT2D eigenvalue weighted by Gasteiger charge is 2.25. The second-order valence-electron chi connectivity index (χ2n) is 17.0. The van der Waals surface area contributed by atoms with E-state index >= 15 is 0 Å². The molecule has 0 unspecified atom stereocenters. The van der Waals surface area contributed by atoms with Crippen molar-refractivity contribution in [3.05, 3.63) is 120 Å². The predicted molar refractivity (Wildman–Crippen MR) is 272 cm³/mol. The lowest BCUT2D eigenvalue weighted by Gasteiger charge is -2.19.